The van der Waals surface area contributed by atoms with Crippen molar-refractivity contribution in [2.45, 2.75) is 57.3 Å². The number of nitrogens with one attached hydrogen (secondary N) is 1. The van der Waals surface area contributed by atoms with E-state index in [0.717, 1.165) is 31.2 Å². The first-order valence-electron chi connectivity index (χ1n) is 8.85. The second kappa shape index (κ2) is 6.60. The van der Waals surface area contributed by atoms with E-state index in [1.807, 2.05) is 0 Å². The Balaban J connectivity index is 2.21. The number of hydrogen-bond acceptors (Lipinski definition) is 3. The molecule has 0 unspecified atom stereocenters. The predicted molar refractivity (Wildman–Crippen MR) is 95.3 cm³/mol. The van der Waals surface area contributed by atoms with Crippen LogP contribution >= 0.6 is 0 Å². The number of aromatic nitrogens is 1. The van der Waals surface area contributed by atoms with Crippen LogP contribution in [0.15, 0.2) is 18.2 Å². The van der Waals surface area contributed by atoms with Crippen molar-refractivity contribution in [2.75, 3.05) is 13.7 Å². The quantitative estimate of drug-likeness (QED) is 0.817. The summed E-state index contributed by atoms with van der Waals surface area (Å²) in [6.45, 7) is 4.45. The minimum atomic E-state index is -0.195. The van der Waals surface area contributed by atoms with E-state index in [1.54, 1.807) is 0 Å². The maximum Gasteiger partial charge on any atom is 0.306 e. The van der Waals surface area contributed by atoms with Crippen LogP contribution in [-0.2, 0) is 14.9 Å². The summed E-state index contributed by atoms with van der Waals surface area (Å²) in [4.78, 5) is 15.7. The number of H-pyrrole nitrogens is 1. The monoisotopic (exact) mass is 329 g/mol. The first-order valence-corrected chi connectivity index (χ1v) is 8.85. The number of fused-ring (bicyclic) bond motifs is 3. The number of ether oxygens (including phenoxy) is 1. The highest BCUT2D eigenvalue weighted by atomic mass is 16.5. The molecule has 0 bridgehead atoms. The normalized spacial score (nSPS) is 23.2. The van der Waals surface area contributed by atoms with E-state index in [2.05, 4.69) is 37.0 Å². The van der Waals surface area contributed by atoms with E-state index in [0.29, 0.717) is 12.3 Å². The number of aliphatic hydroxyl groups excluding tert-OH is 1. The Kier molecular flexibility index (Phi) is 4.68. The zero-order valence-electron chi connectivity index (χ0n) is 14.8. The summed E-state index contributed by atoms with van der Waals surface area (Å²) in [6.07, 6.45) is 4.02. The molecule has 3 rings (SSSR count). The van der Waals surface area contributed by atoms with Gasteiger partial charge in [0.05, 0.1) is 13.5 Å². The van der Waals surface area contributed by atoms with Gasteiger partial charge < -0.3 is 14.8 Å². The summed E-state index contributed by atoms with van der Waals surface area (Å²) in [5.41, 5.74) is 4.67. The third-order valence-electron chi connectivity index (χ3n) is 5.86. The molecule has 2 atom stereocenters. The third-order valence-corrected chi connectivity index (χ3v) is 5.86. The summed E-state index contributed by atoms with van der Waals surface area (Å²) >= 11 is 0. The largest absolute Gasteiger partial charge is 0.469 e. The molecule has 4 heteroatoms. The molecule has 1 aromatic heterocycles. The summed E-state index contributed by atoms with van der Waals surface area (Å²) in [7, 11) is 1.46. The van der Waals surface area contributed by atoms with E-state index < -0.39 is 0 Å². The Morgan fingerprint density at radius 1 is 1.46 bits per heavy atom. The van der Waals surface area contributed by atoms with Crippen molar-refractivity contribution in [3.63, 3.8) is 0 Å². The third kappa shape index (κ3) is 2.63. The van der Waals surface area contributed by atoms with Crippen LogP contribution in [0.5, 0.6) is 0 Å². The number of carbonyl (C=O) groups is 1. The molecule has 1 aromatic carbocycles. The van der Waals surface area contributed by atoms with Gasteiger partial charge in [-0.15, -0.1) is 0 Å². The summed E-state index contributed by atoms with van der Waals surface area (Å²) < 4.78 is 4.97. The van der Waals surface area contributed by atoms with E-state index >= 15 is 0 Å². The Bertz CT molecular complexity index is 749. The van der Waals surface area contributed by atoms with Crippen molar-refractivity contribution in [2.24, 2.45) is 0 Å². The van der Waals surface area contributed by atoms with Gasteiger partial charge in [-0.25, -0.2) is 0 Å². The number of carbonyl (C=O) groups excluding carboxylic acids is 1. The van der Waals surface area contributed by atoms with Gasteiger partial charge >= 0.3 is 5.97 Å². The Hall–Kier alpha value is -1.81. The zero-order valence-corrected chi connectivity index (χ0v) is 14.8. The lowest BCUT2D eigenvalue weighted by molar-refractivity contribution is -0.142. The fourth-order valence-corrected chi connectivity index (χ4v) is 4.40. The highest BCUT2D eigenvalue weighted by molar-refractivity contribution is 5.89. The van der Waals surface area contributed by atoms with Crippen LogP contribution in [-0.4, -0.2) is 29.8 Å². The molecule has 130 valence electrons. The fraction of sp³-hybridized carbons (Fsp3) is 0.550. The molecule has 24 heavy (non-hydrogen) atoms. The molecule has 0 aliphatic heterocycles. The minimum Gasteiger partial charge on any atom is -0.469 e. The average Bonchev–Trinajstić information content (AvgIpc) is 2.99. The molecular formula is C20H27NO3. The topological polar surface area (TPSA) is 62.3 Å². The Morgan fingerprint density at radius 2 is 2.25 bits per heavy atom. The molecule has 0 radical (unpaired) electrons. The van der Waals surface area contributed by atoms with Gasteiger partial charge in [0, 0.05) is 28.6 Å². The maximum absolute atomic E-state index is 12.1. The van der Waals surface area contributed by atoms with Crippen LogP contribution in [0, 0.1) is 6.92 Å². The van der Waals surface area contributed by atoms with Crippen molar-refractivity contribution in [3.05, 3.63) is 35.0 Å². The number of aliphatic hydroxyl groups is 1. The van der Waals surface area contributed by atoms with Gasteiger partial charge in [-0.05, 0) is 49.7 Å². The van der Waals surface area contributed by atoms with Gasteiger partial charge in [-0.3, -0.25) is 4.79 Å². The number of aryl methyl sites for hydroxylation is 1. The second-order valence-corrected chi connectivity index (χ2v) is 7.05. The average molecular weight is 329 g/mol. The Labute approximate surface area is 143 Å². The van der Waals surface area contributed by atoms with Crippen LogP contribution < -0.4 is 0 Å². The van der Waals surface area contributed by atoms with Crippen LogP contribution in [0.1, 0.15) is 61.8 Å². The van der Waals surface area contributed by atoms with Gasteiger partial charge in [-0.1, -0.05) is 25.1 Å². The van der Waals surface area contributed by atoms with Gasteiger partial charge in [-0.2, -0.15) is 0 Å². The molecule has 0 saturated carbocycles. The van der Waals surface area contributed by atoms with Gasteiger partial charge in [0.25, 0.3) is 0 Å². The highest BCUT2D eigenvalue weighted by Crippen LogP contribution is 2.50. The number of methoxy groups -OCH3 is 1. The molecule has 1 aliphatic carbocycles. The molecule has 2 N–H and O–H groups in total. The van der Waals surface area contributed by atoms with Crippen LogP contribution in [0.2, 0.25) is 0 Å². The molecule has 0 amide bonds. The molecule has 0 fully saturated rings. The second-order valence-electron chi connectivity index (χ2n) is 7.05. The first-order chi connectivity index (χ1) is 11.6. The number of esters is 1. The van der Waals surface area contributed by atoms with Crippen LogP contribution in [0.4, 0.5) is 0 Å². The maximum atomic E-state index is 12.1. The summed E-state index contributed by atoms with van der Waals surface area (Å²) in [5, 5.41) is 10.7. The van der Waals surface area contributed by atoms with E-state index in [-0.39, 0.29) is 18.0 Å². The molecule has 2 aromatic rings. The van der Waals surface area contributed by atoms with E-state index in [1.165, 1.54) is 29.3 Å². The fourth-order valence-electron chi connectivity index (χ4n) is 4.40. The molecule has 1 aliphatic rings. The molecule has 0 saturated heterocycles. The lowest BCUT2D eigenvalue weighted by atomic mass is 9.65. The van der Waals surface area contributed by atoms with Crippen molar-refractivity contribution in [3.8, 4) is 0 Å². The van der Waals surface area contributed by atoms with Crippen molar-refractivity contribution in [1.82, 2.24) is 4.98 Å². The van der Waals surface area contributed by atoms with Crippen LogP contribution in [0.25, 0.3) is 10.9 Å². The van der Waals surface area contributed by atoms with Crippen molar-refractivity contribution < 1.29 is 14.6 Å². The molecule has 4 nitrogen and oxygen atoms in total. The minimum absolute atomic E-state index is 0.154. The first kappa shape index (κ1) is 17.0. The van der Waals surface area contributed by atoms with Gasteiger partial charge in [0.15, 0.2) is 0 Å². The summed E-state index contributed by atoms with van der Waals surface area (Å²) in [5.74, 6) is 0.191. The number of hydrogen-bond donors (Lipinski definition) is 2. The van der Waals surface area contributed by atoms with E-state index in [9.17, 15) is 9.90 Å². The summed E-state index contributed by atoms with van der Waals surface area (Å²) in [6, 6.07) is 6.36. The Morgan fingerprint density at radius 3 is 2.92 bits per heavy atom. The SMILES string of the molecule is CC[C@@]1(CC(=O)OC)CC[C@H](CCO)c2c1[nH]c1c(C)cccc21. The number of benzene rings is 1. The van der Waals surface area contributed by atoms with Crippen molar-refractivity contribution in [1.29, 1.82) is 0 Å². The van der Waals surface area contributed by atoms with Crippen LogP contribution in [0.3, 0.4) is 0 Å². The lowest BCUT2D eigenvalue weighted by Crippen LogP contribution is -2.35. The standard InChI is InChI=1S/C20H27NO3/c1-4-20(12-16(23)24-3)10-8-14(9-11-22)17-15-7-5-6-13(2)18(15)21-19(17)20/h5-7,14,21-22H,4,8-12H2,1-3H3/t14-,20+/m1/s1. The number of aromatic amines is 1. The zero-order chi connectivity index (χ0) is 17.3. The van der Waals surface area contributed by atoms with E-state index in [4.69, 9.17) is 4.74 Å². The lowest BCUT2D eigenvalue weighted by Gasteiger charge is -2.39. The van der Waals surface area contributed by atoms with Gasteiger partial charge in [0.2, 0.25) is 0 Å². The van der Waals surface area contributed by atoms with Gasteiger partial charge in [0.1, 0.15) is 0 Å². The number of para-hydroxylation sites is 1. The smallest absolute Gasteiger partial charge is 0.306 e. The number of rotatable bonds is 5. The highest BCUT2D eigenvalue weighted by Gasteiger charge is 2.42. The van der Waals surface area contributed by atoms with Crippen molar-refractivity contribution >= 4 is 16.9 Å². The molecule has 1 heterocycles. The predicted octanol–water partition coefficient (Wildman–Crippen LogP) is 3.95. The molecular weight excluding hydrogens is 302 g/mol. The molecule has 0 spiro atoms.